The minimum Gasteiger partial charge on any atom is -0.377 e. The molecule has 2 aromatic rings. The first-order valence-electron chi connectivity index (χ1n) is 8.14. The third kappa shape index (κ3) is 3.45. The highest BCUT2D eigenvalue weighted by Gasteiger charge is 2.31. The van der Waals surface area contributed by atoms with Crippen molar-refractivity contribution in [3.05, 3.63) is 11.5 Å². The molecule has 0 amide bonds. The second kappa shape index (κ2) is 6.69. The third-order valence-corrected chi connectivity index (χ3v) is 6.09. The van der Waals surface area contributed by atoms with Gasteiger partial charge in [-0.2, -0.15) is 15.1 Å². The molecule has 10 heteroatoms. The van der Waals surface area contributed by atoms with E-state index in [0.29, 0.717) is 36.6 Å². The van der Waals surface area contributed by atoms with Crippen LogP contribution in [0.4, 0.5) is 5.82 Å². The molecule has 1 aliphatic rings. The third-order valence-electron chi connectivity index (χ3n) is 4.30. The SMILES string of the molecule is CC(C)C(n1ncc2c(N3CCOC[C@H]3C)nc(Cl)nc21)S(C)(=O)=O. The molecule has 3 rings (SSSR count). The Balaban J connectivity index is 2.19. The van der Waals surface area contributed by atoms with Crippen LogP contribution in [-0.2, 0) is 14.6 Å². The quantitative estimate of drug-likeness (QED) is 0.740. The lowest BCUT2D eigenvalue weighted by molar-refractivity contribution is 0.0987. The summed E-state index contributed by atoms with van der Waals surface area (Å²) >= 11 is 6.15. The number of rotatable bonds is 4. The van der Waals surface area contributed by atoms with Crippen molar-refractivity contribution in [3.63, 3.8) is 0 Å². The fraction of sp³-hybridized carbons (Fsp3) is 0.667. The van der Waals surface area contributed by atoms with Crippen LogP contribution >= 0.6 is 11.6 Å². The van der Waals surface area contributed by atoms with Gasteiger partial charge in [0.15, 0.2) is 20.9 Å². The Kier molecular flexibility index (Phi) is 4.91. The molecule has 0 aromatic carbocycles. The van der Waals surface area contributed by atoms with Gasteiger partial charge in [-0.25, -0.2) is 13.1 Å². The highest BCUT2D eigenvalue weighted by Crippen LogP contribution is 2.32. The molecule has 1 aliphatic heterocycles. The number of sulfone groups is 1. The van der Waals surface area contributed by atoms with Crippen molar-refractivity contribution in [3.8, 4) is 0 Å². The zero-order valence-corrected chi connectivity index (χ0v) is 16.3. The lowest BCUT2D eigenvalue weighted by atomic mass is 10.2. The van der Waals surface area contributed by atoms with Crippen LogP contribution in [0.2, 0.25) is 5.28 Å². The van der Waals surface area contributed by atoms with E-state index in [1.165, 1.54) is 10.9 Å². The average Bonchev–Trinajstić information content (AvgIpc) is 2.89. The largest absolute Gasteiger partial charge is 0.377 e. The van der Waals surface area contributed by atoms with Crippen LogP contribution < -0.4 is 4.90 Å². The van der Waals surface area contributed by atoms with Gasteiger partial charge < -0.3 is 9.64 Å². The first-order chi connectivity index (χ1) is 11.7. The molecule has 2 atom stereocenters. The van der Waals surface area contributed by atoms with Gasteiger partial charge in [-0.05, 0) is 24.4 Å². The number of anilines is 1. The van der Waals surface area contributed by atoms with Crippen molar-refractivity contribution in [2.24, 2.45) is 5.92 Å². The van der Waals surface area contributed by atoms with E-state index in [-0.39, 0.29) is 17.2 Å². The predicted octanol–water partition coefficient (Wildman–Crippen LogP) is 1.90. The molecule has 138 valence electrons. The smallest absolute Gasteiger partial charge is 0.226 e. The molecule has 8 nitrogen and oxygen atoms in total. The molecule has 0 N–H and O–H groups in total. The standard InChI is InChI=1S/C15H22ClN5O3S/c1-9(2)14(25(4,22)23)21-13-11(7-17-21)12(18-15(16)19-13)20-5-6-24-8-10(20)3/h7,9-10,14H,5-6,8H2,1-4H3/t10-,14?/m1/s1. The molecule has 3 heterocycles. The number of hydrogen-bond acceptors (Lipinski definition) is 7. The maximum Gasteiger partial charge on any atom is 0.226 e. The molecule has 0 spiro atoms. The van der Waals surface area contributed by atoms with Gasteiger partial charge in [-0.1, -0.05) is 13.8 Å². The van der Waals surface area contributed by atoms with Crippen molar-refractivity contribution in [1.82, 2.24) is 19.7 Å². The summed E-state index contributed by atoms with van der Waals surface area (Å²) in [7, 11) is -3.38. The minimum atomic E-state index is -3.38. The van der Waals surface area contributed by atoms with E-state index in [1.807, 2.05) is 20.8 Å². The van der Waals surface area contributed by atoms with Crippen molar-refractivity contribution in [2.45, 2.75) is 32.2 Å². The van der Waals surface area contributed by atoms with Gasteiger partial charge in [-0.3, -0.25) is 0 Å². The number of nitrogens with zero attached hydrogens (tertiary/aromatic N) is 5. The van der Waals surface area contributed by atoms with Crippen LogP contribution in [0.1, 0.15) is 26.1 Å². The van der Waals surface area contributed by atoms with Crippen molar-refractivity contribution in [1.29, 1.82) is 0 Å². The monoisotopic (exact) mass is 387 g/mol. The molecular formula is C15H22ClN5O3S. The predicted molar refractivity (Wildman–Crippen MR) is 96.7 cm³/mol. The molecule has 25 heavy (non-hydrogen) atoms. The zero-order valence-electron chi connectivity index (χ0n) is 14.7. The Morgan fingerprint density at radius 1 is 1.36 bits per heavy atom. The summed E-state index contributed by atoms with van der Waals surface area (Å²) in [6.45, 7) is 7.59. The lowest BCUT2D eigenvalue weighted by Gasteiger charge is -2.34. The number of hydrogen-bond donors (Lipinski definition) is 0. The maximum absolute atomic E-state index is 12.3. The molecular weight excluding hydrogens is 366 g/mol. The summed E-state index contributed by atoms with van der Waals surface area (Å²) < 4.78 is 31.5. The number of morpholine rings is 1. The number of ether oxygens (including phenoxy) is 1. The van der Waals surface area contributed by atoms with Crippen molar-refractivity contribution >= 4 is 38.3 Å². The van der Waals surface area contributed by atoms with Crippen LogP contribution in [-0.4, -0.2) is 60.2 Å². The topological polar surface area (TPSA) is 90.2 Å². The Morgan fingerprint density at radius 2 is 2.08 bits per heavy atom. The second-order valence-electron chi connectivity index (χ2n) is 6.72. The molecule has 0 aliphatic carbocycles. The minimum absolute atomic E-state index is 0.0685. The molecule has 1 fully saturated rings. The van der Waals surface area contributed by atoms with Gasteiger partial charge in [0.25, 0.3) is 0 Å². The van der Waals surface area contributed by atoms with Crippen molar-refractivity contribution < 1.29 is 13.2 Å². The van der Waals surface area contributed by atoms with Crippen molar-refractivity contribution in [2.75, 3.05) is 30.9 Å². The summed E-state index contributed by atoms with van der Waals surface area (Å²) in [4.78, 5) is 10.7. The summed E-state index contributed by atoms with van der Waals surface area (Å²) in [5.74, 6) is 0.491. The molecule has 1 unspecified atom stereocenters. The summed E-state index contributed by atoms with van der Waals surface area (Å²) in [5, 5.41) is 4.27. The number of halogens is 1. The van der Waals surface area contributed by atoms with E-state index >= 15 is 0 Å². The van der Waals surface area contributed by atoms with Crippen LogP contribution in [0.15, 0.2) is 6.20 Å². The molecule has 1 saturated heterocycles. The van der Waals surface area contributed by atoms with E-state index in [9.17, 15) is 8.42 Å². The fourth-order valence-corrected chi connectivity index (χ4v) is 4.96. The van der Waals surface area contributed by atoms with E-state index in [1.54, 1.807) is 6.20 Å². The Morgan fingerprint density at radius 3 is 2.68 bits per heavy atom. The Labute approximate surface area is 152 Å². The van der Waals surface area contributed by atoms with Gasteiger partial charge >= 0.3 is 0 Å². The van der Waals surface area contributed by atoms with Gasteiger partial charge in [-0.15, -0.1) is 0 Å². The van der Waals surface area contributed by atoms with E-state index in [0.717, 1.165) is 0 Å². The van der Waals surface area contributed by atoms with E-state index < -0.39 is 15.2 Å². The van der Waals surface area contributed by atoms with E-state index in [2.05, 4.69) is 20.0 Å². The first kappa shape index (κ1) is 18.3. The molecule has 2 aromatic heterocycles. The van der Waals surface area contributed by atoms with Crippen LogP contribution in [0.25, 0.3) is 11.0 Å². The summed E-state index contributed by atoms with van der Waals surface area (Å²) in [6.07, 6.45) is 2.82. The van der Waals surface area contributed by atoms with Crippen LogP contribution in [0, 0.1) is 5.92 Å². The van der Waals surface area contributed by atoms with Gasteiger partial charge in [0, 0.05) is 12.8 Å². The normalized spacial score (nSPS) is 20.4. The van der Waals surface area contributed by atoms with Gasteiger partial charge in [0.1, 0.15) is 5.82 Å². The molecule has 0 saturated carbocycles. The highest BCUT2D eigenvalue weighted by atomic mass is 35.5. The van der Waals surface area contributed by atoms with Crippen LogP contribution in [0.3, 0.4) is 0 Å². The Hall–Kier alpha value is -1.45. The fourth-order valence-electron chi connectivity index (χ4n) is 3.29. The zero-order chi connectivity index (χ0) is 18.4. The number of aromatic nitrogens is 4. The lowest BCUT2D eigenvalue weighted by Crippen LogP contribution is -2.44. The van der Waals surface area contributed by atoms with Gasteiger partial charge in [0.2, 0.25) is 5.28 Å². The Bertz CT molecular complexity index is 883. The van der Waals surface area contributed by atoms with Gasteiger partial charge in [0.05, 0.1) is 30.8 Å². The average molecular weight is 388 g/mol. The highest BCUT2D eigenvalue weighted by molar-refractivity contribution is 7.90. The second-order valence-corrected chi connectivity index (χ2v) is 9.20. The maximum atomic E-state index is 12.3. The molecule has 0 bridgehead atoms. The van der Waals surface area contributed by atoms with Crippen LogP contribution in [0.5, 0.6) is 0 Å². The summed E-state index contributed by atoms with van der Waals surface area (Å²) in [5.41, 5.74) is 0.429. The summed E-state index contributed by atoms with van der Waals surface area (Å²) in [6, 6.07) is 0.127. The first-order valence-corrected chi connectivity index (χ1v) is 10.5. The van der Waals surface area contributed by atoms with E-state index in [4.69, 9.17) is 16.3 Å². The molecule has 0 radical (unpaired) electrons. The number of fused-ring (bicyclic) bond motifs is 1.